The molecular formula is C13H9Cl2N. The summed E-state index contributed by atoms with van der Waals surface area (Å²) in [5.74, 6) is 0. The molecule has 0 aliphatic rings. The van der Waals surface area contributed by atoms with Gasteiger partial charge in [-0.1, -0.05) is 47.5 Å². The third-order valence-corrected chi connectivity index (χ3v) is 2.65. The van der Waals surface area contributed by atoms with Gasteiger partial charge >= 0.3 is 0 Å². The fraction of sp³-hybridized carbons (Fsp3) is 0. The minimum Gasteiger partial charge on any atom is -0.256 e. The SMILES string of the molecule is Clc1cccc(N=Cc2ccccc2Cl)c1. The minimum atomic E-state index is 0.675. The average Bonchev–Trinajstić information content (AvgIpc) is 2.28. The molecule has 1 nitrogen and oxygen atoms in total. The summed E-state index contributed by atoms with van der Waals surface area (Å²) in [4.78, 5) is 4.30. The molecule has 0 aliphatic heterocycles. The van der Waals surface area contributed by atoms with Crippen molar-refractivity contribution in [1.82, 2.24) is 0 Å². The van der Waals surface area contributed by atoms with Gasteiger partial charge in [-0.25, -0.2) is 0 Å². The van der Waals surface area contributed by atoms with Crippen LogP contribution in [0.25, 0.3) is 0 Å². The molecule has 80 valence electrons. The number of rotatable bonds is 2. The molecule has 3 heteroatoms. The Balaban J connectivity index is 2.25. The zero-order chi connectivity index (χ0) is 11.4. The van der Waals surface area contributed by atoms with Crippen LogP contribution in [0.3, 0.4) is 0 Å². The Kier molecular flexibility index (Phi) is 3.60. The molecule has 0 fully saturated rings. The molecule has 0 aromatic heterocycles. The largest absolute Gasteiger partial charge is 0.256 e. The van der Waals surface area contributed by atoms with Crippen molar-refractivity contribution in [3.05, 3.63) is 64.1 Å². The summed E-state index contributed by atoms with van der Waals surface area (Å²) >= 11 is 11.9. The molecule has 0 heterocycles. The van der Waals surface area contributed by atoms with E-state index in [9.17, 15) is 0 Å². The van der Waals surface area contributed by atoms with Crippen LogP contribution in [0.15, 0.2) is 53.5 Å². The van der Waals surface area contributed by atoms with Gasteiger partial charge in [0.15, 0.2) is 0 Å². The lowest BCUT2D eigenvalue weighted by atomic mass is 10.2. The van der Waals surface area contributed by atoms with Gasteiger partial charge in [-0.2, -0.15) is 0 Å². The first-order valence-corrected chi connectivity index (χ1v) is 5.55. The summed E-state index contributed by atoms with van der Waals surface area (Å²) in [6.45, 7) is 0. The van der Waals surface area contributed by atoms with Crippen LogP contribution in [0.1, 0.15) is 5.56 Å². The molecule has 0 atom stereocenters. The van der Waals surface area contributed by atoms with Gasteiger partial charge in [0.1, 0.15) is 0 Å². The molecule has 0 amide bonds. The molecular weight excluding hydrogens is 241 g/mol. The summed E-state index contributed by atoms with van der Waals surface area (Å²) < 4.78 is 0. The minimum absolute atomic E-state index is 0.675. The van der Waals surface area contributed by atoms with Gasteiger partial charge in [-0.3, -0.25) is 4.99 Å². The van der Waals surface area contributed by atoms with Gasteiger partial charge in [0, 0.05) is 21.8 Å². The number of aliphatic imine (C=N–C) groups is 1. The van der Waals surface area contributed by atoms with Crippen LogP contribution in [-0.4, -0.2) is 6.21 Å². The molecule has 0 spiro atoms. The number of nitrogens with zero attached hydrogens (tertiary/aromatic N) is 1. The van der Waals surface area contributed by atoms with E-state index in [0.717, 1.165) is 11.3 Å². The first-order chi connectivity index (χ1) is 7.75. The summed E-state index contributed by atoms with van der Waals surface area (Å²) in [7, 11) is 0. The van der Waals surface area contributed by atoms with Crippen LogP contribution in [0.2, 0.25) is 10.0 Å². The highest BCUT2D eigenvalue weighted by Crippen LogP contribution is 2.19. The number of hydrogen-bond acceptors (Lipinski definition) is 1. The Labute approximate surface area is 104 Å². The maximum absolute atomic E-state index is 6.00. The van der Waals surface area contributed by atoms with E-state index in [0.29, 0.717) is 10.0 Å². The van der Waals surface area contributed by atoms with Gasteiger partial charge < -0.3 is 0 Å². The van der Waals surface area contributed by atoms with Crippen molar-refractivity contribution < 1.29 is 0 Å². The second-order valence-corrected chi connectivity index (χ2v) is 4.10. The summed E-state index contributed by atoms with van der Waals surface area (Å²) in [6.07, 6.45) is 1.73. The fourth-order valence-corrected chi connectivity index (χ4v) is 1.65. The van der Waals surface area contributed by atoms with E-state index in [1.807, 2.05) is 42.5 Å². The molecule has 0 aliphatic carbocycles. The van der Waals surface area contributed by atoms with Gasteiger partial charge in [-0.15, -0.1) is 0 Å². The lowest BCUT2D eigenvalue weighted by Crippen LogP contribution is -1.81. The van der Waals surface area contributed by atoms with Crippen LogP contribution >= 0.6 is 23.2 Å². The monoisotopic (exact) mass is 249 g/mol. The highest BCUT2D eigenvalue weighted by atomic mass is 35.5. The van der Waals surface area contributed by atoms with E-state index >= 15 is 0 Å². The van der Waals surface area contributed by atoms with E-state index in [4.69, 9.17) is 23.2 Å². The van der Waals surface area contributed by atoms with E-state index in [1.165, 1.54) is 0 Å². The van der Waals surface area contributed by atoms with Crippen molar-refractivity contribution in [2.24, 2.45) is 4.99 Å². The van der Waals surface area contributed by atoms with Crippen LogP contribution in [-0.2, 0) is 0 Å². The number of hydrogen-bond donors (Lipinski definition) is 0. The van der Waals surface area contributed by atoms with Crippen molar-refractivity contribution in [3.63, 3.8) is 0 Å². The van der Waals surface area contributed by atoms with Gasteiger partial charge in [-0.05, 0) is 24.3 Å². The van der Waals surface area contributed by atoms with Crippen LogP contribution in [0.5, 0.6) is 0 Å². The maximum atomic E-state index is 6.00. The molecule has 0 saturated carbocycles. The molecule has 2 aromatic rings. The van der Waals surface area contributed by atoms with Gasteiger partial charge in [0.05, 0.1) is 5.69 Å². The number of halogens is 2. The molecule has 0 N–H and O–H groups in total. The summed E-state index contributed by atoms with van der Waals surface area (Å²) in [5.41, 5.74) is 1.71. The normalized spacial score (nSPS) is 10.9. The predicted molar refractivity (Wildman–Crippen MR) is 70.2 cm³/mol. The van der Waals surface area contributed by atoms with Crippen LogP contribution < -0.4 is 0 Å². The quantitative estimate of drug-likeness (QED) is 0.682. The molecule has 2 rings (SSSR count). The first-order valence-electron chi connectivity index (χ1n) is 4.80. The number of benzene rings is 2. The van der Waals surface area contributed by atoms with Crippen LogP contribution in [0.4, 0.5) is 5.69 Å². The second-order valence-electron chi connectivity index (χ2n) is 3.26. The second kappa shape index (κ2) is 5.15. The third kappa shape index (κ3) is 2.84. The van der Waals surface area contributed by atoms with Crippen molar-refractivity contribution in [2.75, 3.05) is 0 Å². The maximum Gasteiger partial charge on any atom is 0.0644 e. The van der Waals surface area contributed by atoms with E-state index in [2.05, 4.69) is 4.99 Å². The van der Waals surface area contributed by atoms with Crippen molar-refractivity contribution in [2.45, 2.75) is 0 Å². The average molecular weight is 250 g/mol. The Bertz CT molecular complexity index is 521. The standard InChI is InChI=1S/C13H9Cl2N/c14-11-5-3-6-12(8-11)16-9-10-4-1-2-7-13(10)15/h1-9H. The zero-order valence-electron chi connectivity index (χ0n) is 8.40. The van der Waals surface area contributed by atoms with Gasteiger partial charge in [0.2, 0.25) is 0 Å². The predicted octanol–water partition coefficient (Wildman–Crippen LogP) is 4.74. The molecule has 0 saturated heterocycles. The first kappa shape index (κ1) is 11.2. The Morgan fingerprint density at radius 1 is 0.938 bits per heavy atom. The molecule has 0 bridgehead atoms. The van der Waals surface area contributed by atoms with E-state index < -0.39 is 0 Å². The van der Waals surface area contributed by atoms with Gasteiger partial charge in [0.25, 0.3) is 0 Å². The third-order valence-electron chi connectivity index (χ3n) is 2.07. The molecule has 2 aromatic carbocycles. The zero-order valence-corrected chi connectivity index (χ0v) is 9.91. The smallest absolute Gasteiger partial charge is 0.0644 e. The topological polar surface area (TPSA) is 12.4 Å². The lowest BCUT2D eigenvalue weighted by molar-refractivity contribution is 1.52. The van der Waals surface area contributed by atoms with Crippen molar-refractivity contribution >= 4 is 35.1 Å². The summed E-state index contributed by atoms with van der Waals surface area (Å²) in [6, 6.07) is 14.9. The lowest BCUT2D eigenvalue weighted by Gasteiger charge is -1.97. The van der Waals surface area contributed by atoms with E-state index in [1.54, 1.807) is 12.3 Å². The van der Waals surface area contributed by atoms with E-state index in [-0.39, 0.29) is 0 Å². The fourth-order valence-electron chi connectivity index (χ4n) is 1.28. The Hall–Kier alpha value is -1.31. The Morgan fingerprint density at radius 2 is 1.75 bits per heavy atom. The molecule has 0 radical (unpaired) electrons. The highest BCUT2D eigenvalue weighted by Gasteiger charge is 1.94. The van der Waals surface area contributed by atoms with Crippen molar-refractivity contribution in [1.29, 1.82) is 0 Å². The van der Waals surface area contributed by atoms with Crippen molar-refractivity contribution in [3.8, 4) is 0 Å². The highest BCUT2D eigenvalue weighted by molar-refractivity contribution is 6.33. The Morgan fingerprint density at radius 3 is 2.50 bits per heavy atom. The molecule has 0 unspecified atom stereocenters. The van der Waals surface area contributed by atoms with Crippen LogP contribution in [0, 0.1) is 0 Å². The molecule has 16 heavy (non-hydrogen) atoms. The summed E-state index contributed by atoms with van der Waals surface area (Å²) in [5, 5.41) is 1.36.